The highest BCUT2D eigenvalue weighted by Gasteiger charge is 2.10. The average molecular weight is 297 g/mol. The predicted octanol–water partition coefficient (Wildman–Crippen LogP) is 4.26. The Balaban J connectivity index is 2.06. The molecule has 0 unspecified atom stereocenters. The lowest BCUT2D eigenvalue weighted by Crippen LogP contribution is -2.08. The van der Waals surface area contributed by atoms with Gasteiger partial charge >= 0.3 is 5.97 Å². The van der Waals surface area contributed by atoms with E-state index in [2.05, 4.69) is 6.92 Å². The second-order valence-electron chi connectivity index (χ2n) is 4.94. The zero-order valence-corrected chi connectivity index (χ0v) is 12.3. The van der Waals surface area contributed by atoms with E-state index in [1.807, 2.05) is 12.1 Å². The zero-order valence-electron chi connectivity index (χ0n) is 12.3. The van der Waals surface area contributed by atoms with Gasteiger partial charge in [-0.25, -0.2) is 9.18 Å². The van der Waals surface area contributed by atoms with Crippen LogP contribution in [0.3, 0.4) is 0 Å². The van der Waals surface area contributed by atoms with Crippen LogP contribution >= 0.6 is 0 Å². The van der Waals surface area contributed by atoms with Gasteiger partial charge in [0.1, 0.15) is 17.6 Å². The molecule has 3 nitrogen and oxygen atoms in total. The maximum Gasteiger partial charge on any atom is 0.343 e. The highest BCUT2D eigenvalue weighted by Crippen LogP contribution is 2.18. The Morgan fingerprint density at radius 3 is 2.55 bits per heavy atom. The quantitative estimate of drug-likeness (QED) is 0.612. The molecule has 0 saturated carbocycles. The van der Waals surface area contributed by atoms with Crippen LogP contribution in [0.2, 0.25) is 0 Å². The number of aryl methyl sites for hydroxylation is 1. The lowest BCUT2D eigenvalue weighted by Gasteiger charge is -2.06. The van der Waals surface area contributed by atoms with Gasteiger partial charge in [-0.15, -0.1) is 0 Å². The third-order valence-corrected chi connectivity index (χ3v) is 3.28. The molecule has 0 fully saturated rings. The molecular formula is C18H16FNO2. The third kappa shape index (κ3) is 3.92. The van der Waals surface area contributed by atoms with E-state index in [1.165, 1.54) is 17.7 Å². The number of halogens is 1. The van der Waals surface area contributed by atoms with Gasteiger partial charge in [0, 0.05) is 6.07 Å². The number of esters is 1. The van der Waals surface area contributed by atoms with Crippen molar-refractivity contribution >= 4 is 5.97 Å². The van der Waals surface area contributed by atoms with Crippen LogP contribution < -0.4 is 4.74 Å². The number of rotatable bonds is 5. The minimum absolute atomic E-state index is 0.0801. The number of unbranched alkanes of at least 4 members (excludes halogenated alkanes) is 1. The largest absolute Gasteiger partial charge is 0.423 e. The molecule has 0 aliphatic rings. The van der Waals surface area contributed by atoms with Crippen LogP contribution in [-0.2, 0) is 6.42 Å². The van der Waals surface area contributed by atoms with Gasteiger partial charge in [0.2, 0.25) is 0 Å². The van der Waals surface area contributed by atoms with Crippen molar-refractivity contribution in [3.63, 3.8) is 0 Å². The second kappa shape index (κ2) is 7.37. The van der Waals surface area contributed by atoms with Crippen molar-refractivity contribution in [3.8, 4) is 11.8 Å². The Kier molecular flexibility index (Phi) is 5.26. The molecule has 0 heterocycles. The first-order valence-corrected chi connectivity index (χ1v) is 7.15. The predicted molar refractivity (Wildman–Crippen MR) is 81.1 cm³/mol. The summed E-state index contributed by atoms with van der Waals surface area (Å²) in [6.45, 7) is 2.13. The van der Waals surface area contributed by atoms with Gasteiger partial charge in [0.15, 0.2) is 0 Å². The van der Waals surface area contributed by atoms with Crippen molar-refractivity contribution in [2.24, 2.45) is 0 Å². The van der Waals surface area contributed by atoms with Crippen molar-refractivity contribution in [2.75, 3.05) is 0 Å². The van der Waals surface area contributed by atoms with Crippen LogP contribution in [0.25, 0.3) is 0 Å². The molecule has 0 N–H and O–H groups in total. The topological polar surface area (TPSA) is 50.1 Å². The Morgan fingerprint density at radius 1 is 1.23 bits per heavy atom. The molecule has 0 amide bonds. The van der Waals surface area contributed by atoms with Gasteiger partial charge < -0.3 is 4.74 Å². The lowest BCUT2D eigenvalue weighted by molar-refractivity contribution is 0.0734. The molecule has 4 heteroatoms. The molecule has 0 radical (unpaired) electrons. The smallest absolute Gasteiger partial charge is 0.343 e. The normalized spacial score (nSPS) is 10.0. The van der Waals surface area contributed by atoms with E-state index >= 15 is 0 Å². The highest BCUT2D eigenvalue weighted by molar-refractivity contribution is 5.91. The Labute approximate surface area is 129 Å². The third-order valence-electron chi connectivity index (χ3n) is 3.28. The Hall–Kier alpha value is -2.67. The van der Waals surface area contributed by atoms with Gasteiger partial charge in [-0.05, 0) is 42.7 Å². The molecule has 0 bridgehead atoms. The van der Waals surface area contributed by atoms with Gasteiger partial charge in [-0.3, -0.25) is 0 Å². The van der Waals surface area contributed by atoms with Crippen LogP contribution in [0.1, 0.15) is 41.3 Å². The van der Waals surface area contributed by atoms with E-state index in [4.69, 9.17) is 10.00 Å². The van der Waals surface area contributed by atoms with Gasteiger partial charge in [0.25, 0.3) is 0 Å². The number of nitriles is 1. The van der Waals surface area contributed by atoms with Crippen molar-refractivity contribution in [2.45, 2.75) is 26.2 Å². The first-order valence-electron chi connectivity index (χ1n) is 7.15. The van der Waals surface area contributed by atoms with Crippen LogP contribution in [0.15, 0.2) is 42.5 Å². The van der Waals surface area contributed by atoms with Gasteiger partial charge in [-0.1, -0.05) is 25.5 Å². The molecule has 2 aromatic rings. The minimum atomic E-state index is -0.706. The van der Waals surface area contributed by atoms with Crippen molar-refractivity contribution in [1.29, 1.82) is 5.26 Å². The zero-order chi connectivity index (χ0) is 15.9. The molecule has 2 rings (SSSR count). The van der Waals surface area contributed by atoms with Crippen LogP contribution in [0.5, 0.6) is 5.75 Å². The number of hydrogen-bond donors (Lipinski definition) is 0. The SMILES string of the molecule is CCCCc1ccc(C(=O)Oc2ccc(C#N)c(F)c2)cc1. The molecule has 2 aromatic carbocycles. The maximum atomic E-state index is 13.5. The van der Waals surface area contributed by atoms with Crippen molar-refractivity contribution in [1.82, 2.24) is 0 Å². The molecule has 0 saturated heterocycles. The van der Waals surface area contributed by atoms with E-state index < -0.39 is 11.8 Å². The summed E-state index contributed by atoms with van der Waals surface area (Å²) < 4.78 is 18.6. The molecule has 22 heavy (non-hydrogen) atoms. The van der Waals surface area contributed by atoms with Crippen molar-refractivity contribution in [3.05, 3.63) is 65.0 Å². The first-order chi connectivity index (χ1) is 10.6. The van der Waals surface area contributed by atoms with Crippen molar-refractivity contribution < 1.29 is 13.9 Å². The first kappa shape index (κ1) is 15.7. The number of carbonyl (C=O) groups excluding carboxylic acids is 1. The Morgan fingerprint density at radius 2 is 1.95 bits per heavy atom. The minimum Gasteiger partial charge on any atom is -0.423 e. The van der Waals surface area contributed by atoms with Crippen LogP contribution in [0, 0.1) is 17.1 Å². The summed E-state index contributed by atoms with van der Waals surface area (Å²) in [5.41, 5.74) is 1.49. The fraction of sp³-hybridized carbons (Fsp3) is 0.222. The summed E-state index contributed by atoms with van der Waals surface area (Å²) in [4.78, 5) is 12.0. The number of ether oxygens (including phenoxy) is 1. The fourth-order valence-corrected chi connectivity index (χ4v) is 2.00. The van der Waals surface area contributed by atoms with E-state index in [0.29, 0.717) is 5.56 Å². The van der Waals surface area contributed by atoms with Gasteiger partial charge in [-0.2, -0.15) is 5.26 Å². The molecule has 112 valence electrons. The summed E-state index contributed by atoms with van der Waals surface area (Å²) >= 11 is 0. The van der Waals surface area contributed by atoms with E-state index in [-0.39, 0.29) is 11.3 Å². The summed E-state index contributed by atoms with van der Waals surface area (Å²) in [5.74, 6) is -1.18. The number of benzene rings is 2. The summed E-state index contributed by atoms with van der Waals surface area (Å²) in [5, 5.41) is 8.66. The van der Waals surface area contributed by atoms with E-state index in [9.17, 15) is 9.18 Å². The summed E-state index contributed by atoms with van der Waals surface area (Å²) in [7, 11) is 0. The molecule has 0 atom stereocenters. The fourth-order valence-electron chi connectivity index (χ4n) is 2.00. The summed E-state index contributed by atoms with van der Waals surface area (Å²) in [6, 6.07) is 12.6. The van der Waals surface area contributed by atoms with Gasteiger partial charge in [0.05, 0.1) is 11.1 Å². The molecule has 0 aromatic heterocycles. The van der Waals surface area contributed by atoms with E-state index in [1.54, 1.807) is 18.2 Å². The monoisotopic (exact) mass is 297 g/mol. The highest BCUT2D eigenvalue weighted by atomic mass is 19.1. The molecule has 0 aliphatic heterocycles. The number of nitrogens with zero attached hydrogens (tertiary/aromatic N) is 1. The Bertz CT molecular complexity index is 702. The second-order valence-corrected chi connectivity index (χ2v) is 4.94. The number of hydrogen-bond acceptors (Lipinski definition) is 3. The lowest BCUT2D eigenvalue weighted by atomic mass is 10.1. The standard InChI is InChI=1S/C18H16FNO2/c1-2-3-4-13-5-7-14(8-6-13)18(21)22-16-10-9-15(12-20)17(19)11-16/h5-11H,2-4H2,1H3. The average Bonchev–Trinajstić information content (AvgIpc) is 2.53. The summed E-state index contributed by atoms with van der Waals surface area (Å²) in [6.07, 6.45) is 3.20. The molecule has 0 aliphatic carbocycles. The van der Waals surface area contributed by atoms with Crippen LogP contribution in [-0.4, -0.2) is 5.97 Å². The number of carbonyl (C=O) groups is 1. The molecule has 0 spiro atoms. The maximum absolute atomic E-state index is 13.5. The van der Waals surface area contributed by atoms with Crippen LogP contribution in [0.4, 0.5) is 4.39 Å². The van der Waals surface area contributed by atoms with E-state index in [0.717, 1.165) is 25.3 Å². The molecular weight excluding hydrogens is 281 g/mol.